The predicted octanol–water partition coefficient (Wildman–Crippen LogP) is 4.09. The molecule has 1 unspecified atom stereocenters. The Balaban J connectivity index is 1.63. The average molecular weight is 497 g/mol. The van der Waals surface area contributed by atoms with Crippen LogP contribution in [-0.2, 0) is 9.59 Å². The maximum atomic E-state index is 12.1. The third-order valence-electron chi connectivity index (χ3n) is 5.85. The van der Waals surface area contributed by atoms with Crippen molar-refractivity contribution in [3.63, 3.8) is 0 Å². The number of ether oxygens (including phenoxy) is 2. The molecule has 2 N–H and O–H groups in total. The number of halogens is 1. The zero-order valence-electron chi connectivity index (χ0n) is 19.1. The fourth-order valence-electron chi connectivity index (χ4n) is 4.04. The number of nitrogens with one attached hydrogen (secondary N) is 1. The number of hydrogen-bond donors (Lipinski definition) is 2. The molecular weight excluding hydrogens is 472 g/mol. The van der Waals surface area contributed by atoms with Crippen LogP contribution in [0.1, 0.15) is 24.4 Å². The van der Waals surface area contributed by atoms with Gasteiger partial charge >= 0.3 is 5.97 Å². The molecule has 0 bridgehead atoms. The normalized spacial score (nSPS) is 14.9. The van der Waals surface area contributed by atoms with Gasteiger partial charge in [-0.25, -0.2) is 14.8 Å². The second-order valence-electron chi connectivity index (χ2n) is 8.06. The van der Waals surface area contributed by atoms with Crippen molar-refractivity contribution in [1.29, 1.82) is 0 Å². The minimum Gasteiger partial charge on any atom is -0.493 e. The van der Waals surface area contributed by atoms with E-state index in [1.54, 1.807) is 48.4 Å². The second kappa shape index (κ2) is 10.6. The van der Waals surface area contributed by atoms with E-state index in [1.165, 1.54) is 12.4 Å². The number of likely N-dealkylation sites (tertiary alicyclic amines) is 1. The zero-order valence-corrected chi connectivity index (χ0v) is 19.9. The van der Waals surface area contributed by atoms with E-state index in [0.29, 0.717) is 64.7 Å². The molecule has 1 aliphatic heterocycles. The topological polar surface area (TPSA) is 114 Å². The molecule has 2 aromatic carbocycles. The van der Waals surface area contributed by atoms with Crippen molar-refractivity contribution < 1.29 is 24.2 Å². The largest absolute Gasteiger partial charge is 0.493 e. The Morgan fingerprint density at radius 3 is 2.66 bits per heavy atom. The van der Waals surface area contributed by atoms with Crippen molar-refractivity contribution in [3.05, 3.63) is 66.0 Å². The third-order valence-corrected chi connectivity index (χ3v) is 6.09. The van der Waals surface area contributed by atoms with Gasteiger partial charge in [0, 0.05) is 42.4 Å². The molecular formula is C25H25ClN4O5. The standard InChI is InChI=1S/C25H25ClN4O5/c1-3-22(31)30-9-7-17(8-10-30)35-21-12-18-19(13-20(21)34-2)27-14-28-24(18)29-23(25(32)33)15-5-4-6-16(26)11-15/h3-6,11-14,17,23H,1,7-10H2,2H3,(H,32,33)(H,27,28,29). The molecule has 9 nitrogen and oxygen atoms in total. The molecule has 4 rings (SSSR count). The second-order valence-corrected chi connectivity index (χ2v) is 8.50. The number of carboxylic acids is 1. The number of piperidine rings is 1. The van der Waals surface area contributed by atoms with Gasteiger partial charge in [-0.15, -0.1) is 0 Å². The van der Waals surface area contributed by atoms with Crippen molar-refractivity contribution in [2.45, 2.75) is 25.0 Å². The molecule has 10 heteroatoms. The van der Waals surface area contributed by atoms with Crippen LogP contribution in [-0.4, -0.2) is 58.2 Å². The van der Waals surface area contributed by atoms with Crippen molar-refractivity contribution in [3.8, 4) is 11.5 Å². The molecule has 35 heavy (non-hydrogen) atoms. The van der Waals surface area contributed by atoms with E-state index in [-0.39, 0.29) is 12.0 Å². The van der Waals surface area contributed by atoms with Crippen LogP contribution in [0.5, 0.6) is 11.5 Å². The van der Waals surface area contributed by atoms with Gasteiger partial charge in [-0.3, -0.25) is 4.79 Å². The van der Waals surface area contributed by atoms with Gasteiger partial charge < -0.3 is 24.8 Å². The first-order chi connectivity index (χ1) is 16.9. The van der Waals surface area contributed by atoms with Gasteiger partial charge in [0.05, 0.1) is 12.6 Å². The highest BCUT2D eigenvalue weighted by Gasteiger charge is 2.25. The molecule has 0 aliphatic carbocycles. The highest BCUT2D eigenvalue weighted by molar-refractivity contribution is 6.30. The molecule has 2 heterocycles. The number of anilines is 1. The summed E-state index contributed by atoms with van der Waals surface area (Å²) in [4.78, 5) is 34.2. The van der Waals surface area contributed by atoms with E-state index in [2.05, 4.69) is 21.9 Å². The lowest BCUT2D eigenvalue weighted by Crippen LogP contribution is -2.41. The molecule has 3 aromatic rings. The average Bonchev–Trinajstić information content (AvgIpc) is 2.86. The van der Waals surface area contributed by atoms with Crippen LogP contribution >= 0.6 is 11.6 Å². The Kier molecular flexibility index (Phi) is 7.36. The van der Waals surface area contributed by atoms with Gasteiger partial charge in [-0.05, 0) is 29.8 Å². The number of fused-ring (bicyclic) bond motifs is 1. The summed E-state index contributed by atoms with van der Waals surface area (Å²) in [5.41, 5.74) is 1.05. The fraction of sp³-hybridized carbons (Fsp3) is 0.280. The molecule has 1 fully saturated rings. The van der Waals surface area contributed by atoms with E-state index in [1.807, 2.05) is 0 Å². The van der Waals surface area contributed by atoms with Gasteiger partial charge in [0.2, 0.25) is 5.91 Å². The van der Waals surface area contributed by atoms with Crippen molar-refractivity contribution in [2.75, 3.05) is 25.5 Å². The first-order valence-electron chi connectivity index (χ1n) is 11.0. The summed E-state index contributed by atoms with van der Waals surface area (Å²) in [7, 11) is 1.54. The first-order valence-corrected chi connectivity index (χ1v) is 11.4. The smallest absolute Gasteiger partial charge is 0.330 e. The number of amides is 1. The monoisotopic (exact) mass is 496 g/mol. The molecule has 0 saturated carbocycles. The molecule has 1 saturated heterocycles. The number of carbonyl (C=O) groups excluding carboxylic acids is 1. The first kappa shape index (κ1) is 24.3. The molecule has 0 radical (unpaired) electrons. The molecule has 1 atom stereocenters. The summed E-state index contributed by atoms with van der Waals surface area (Å²) in [5.74, 6) is 0.149. The lowest BCUT2D eigenvalue weighted by Gasteiger charge is -2.31. The fourth-order valence-corrected chi connectivity index (χ4v) is 4.24. The number of aromatic nitrogens is 2. The maximum Gasteiger partial charge on any atom is 0.330 e. The Bertz CT molecular complexity index is 1260. The van der Waals surface area contributed by atoms with E-state index < -0.39 is 12.0 Å². The number of carbonyl (C=O) groups is 2. The molecule has 1 aromatic heterocycles. The van der Waals surface area contributed by atoms with Crippen LogP contribution in [0.15, 0.2) is 55.4 Å². The van der Waals surface area contributed by atoms with Crippen LogP contribution < -0.4 is 14.8 Å². The predicted molar refractivity (Wildman–Crippen MR) is 132 cm³/mol. The number of benzene rings is 2. The van der Waals surface area contributed by atoms with Crippen LogP contribution in [0.4, 0.5) is 5.82 Å². The van der Waals surface area contributed by atoms with Crippen molar-refractivity contribution in [2.24, 2.45) is 0 Å². The Hall–Kier alpha value is -3.85. The number of aliphatic carboxylic acids is 1. The minimum absolute atomic E-state index is 0.0905. The molecule has 1 aliphatic rings. The van der Waals surface area contributed by atoms with E-state index in [0.717, 1.165) is 0 Å². The van der Waals surface area contributed by atoms with Gasteiger partial charge in [-0.2, -0.15) is 0 Å². The van der Waals surface area contributed by atoms with Gasteiger partial charge in [0.15, 0.2) is 17.5 Å². The van der Waals surface area contributed by atoms with Crippen LogP contribution in [0.3, 0.4) is 0 Å². The summed E-state index contributed by atoms with van der Waals surface area (Å²) in [6, 6.07) is 9.04. The van der Waals surface area contributed by atoms with Crippen molar-refractivity contribution >= 4 is 40.2 Å². The number of methoxy groups -OCH3 is 1. The highest BCUT2D eigenvalue weighted by atomic mass is 35.5. The van der Waals surface area contributed by atoms with Crippen LogP contribution in [0.25, 0.3) is 10.9 Å². The van der Waals surface area contributed by atoms with E-state index in [9.17, 15) is 14.7 Å². The Morgan fingerprint density at radius 1 is 1.23 bits per heavy atom. The summed E-state index contributed by atoms with van der Waals surface area (Å²) >= 11 is 6.07. The van der Waals surface area contributed by atoms with Crippen LogP contribution in [0.2, 0.25) is 5.02 Å². The van der Waals surface area contributed by atoms with Gasteiger partial charge in [0.1, 0.15) is 18.2 Å². The zero-order chi connectivity index (χ0) is 24.9. The molecule has 182 valence electrons. The summed E-state index contributed by atoms with van der Waals surface area (Å²) in [6.45, 7) is 4.68. The molecule has 0 spiro atoms. The summed E-state index contributed by atoms with van der Waals surface area (Å²) in [6.07, 6.45) is 3.87. The minimum atomic E-state index is -1.08. The maximum absolute atomic E-state index is 12.1. The number of nitrogens with zero attached hydrogens (tertiary/aromatic N) is 3. The Morgan fingerprint density at radius 2 is 2.00 bits per heavy atom. The number of carboxylic acid groups (broad SMARTS) is 1. The SMILES string of the molecule is C=CC(=O)N1CCC(Oc2cc3c(NC(C(=O)O)c4cccc(Cl)c4)ncnc3cc2OC)CC1. The van der Waals surface area contributed by atoms with E-state index in [4.69, 9.17) is 21.1 Å². The third kappa shape index (κ3) is 5.46. The lowest BCUT2D eigenvalue weighted by molar-refractivity contribution is -0.138. The number of hydrogen-bond acceptors (Lipinski definition) is 7. The Labute approximate surface area is 207 Å². The highest BCUT2D eigenvalue weighted by Crippen LogP contribution is 2.36. The summed E-state index contributed by atoms with van der Waals surface area (Å²) < 4.78 is 11.8. The van der Waals surface area contributed by atoms with E-state index >= 15 is 0 Å². The summed E-state index contributed by atoms with van der Waals surface area (Å²) in [5, 5.41) is 13.9. The lowest BCUT2D eigenvalue weighted by atomic mass is 10.1. The number of rotatable bonds is 8. The van der Waals surface area contributed by atoms with Crippen LogP contribution in [0, 0.1) is 0 Å². The van der Waals surface area contributed by atoms with Gasteiger partial charge in [0.25, 0.3) is 0 Å². The van der Waals surface area contributed by atoms with Gasteiger partial charge in [-0.1, -0.05) is 30.3 Å². The van der Waals surface area contributed by atoms with Crippen molar-refractivity contribution in [1.82, 2.24) is 14.9 Å². The molecule has 1 amide bonds. The quantitative estimate of drug-likeness (QED) is 0.448.